The maximum atomic E-state index is 13.1. The van der Waals surface area contributed by atoms with Gasteiger partial charge in [0, 0.05) is 30.6 Å². The third kappa shape index (κ3) is 5.52. The summed E-state index contributed by atoms with van der Waals surface area (Å²) < 4.78 is 5.65. The van der Waals surface area contributed by atoms with Crippen LogP contribution in [0.15, 0.2) is 78.9 Å². The highest BCUT2D eigenvalue weighted by Crippen LogP contribution is 2.26. The van der Waals surface area contributed by atoms with Crippen molar-refractivity contribution < 1.29 is 19.1 Å². The zero-order valence-corrected chi connectivity index (χ0v) is 19.4. The summed E-state index contributed by atoms with van der Waals surface area (Å²) in [7, 11) is 0. The van der Waals surface area contributed by atoms with E-state index in [-0.39, 0.29) is 17.7 Å². The first kappa shape index (κ1) is 23.2. The molecule has 0 radical (unpaired) electrons. The average Bonchev–Trinajstić information content (AvgIpc) is 2.84. The fraction of sp³-hybridized carbons (Fsp3) is 0.250. The molecule has 0 fully saturated rings. The van der Waals surface area contributed by atoms with Gasteiger partial charge in [0.2, 0.25) is 5.91 Å². The molecule has 0 aliphatic carbocycles. The fourth-order valence-electron chi connectivity index (χ4n) is 4.05. The van der Waals surface area contributed by atoms with Crippen LogP contribution in [0, 0.1) is 5.92 Å². The molecule has 0 aromatic heterocycles. The average molecular weight is 457 g/mol. The molecule has 0 saturated heterocycles. The first-order valence-electron chi connectivity index (χ1n) is 11.4. The number of carbonyl (C=O) groups is 3. The molecule has 4 rings (SSSR count). The minimum absolute atomic E-state index is 0.0505. The molecule has 1 aliphatic heterocycles. The molecule has 3 aromatic rings. The molecule has 1 atom stereocenters. The number of nitrogens with one attached hydrogen (secondary N) is 1. The van der Waals surface area contributed by atoms with E-state index in [1.807, 2.05) is 44.2 Å². The molecular formula is C28H28N2O4. The number of carbonyl (C=O) groups excluding carboxylic acids is 3. The zero-order valence-electron chi connectivity index (χ0n) is 19.4. The van der Waals surface area contributed by atoms with Crippen molar-refractivity contribution in [1.29, 1.82) is 0 Å². The first-order valence-corrected chi connectivity index (χ1v) is 11.4. The van der Waals surface area contributed by atoms with Gasteiger partial charge in [0.15, 0.2) is 0 Å². The largest absolute Gasteiger partial charge is 0.425 e. The lowest BCUT2D eigenvalue weighted by Crippen LogP contribution is -2.50. The van der Waals surface area contributed by atoms with Crippen molar-refractivity contribution in [1.82, 2.24) is 4.90 Å². The Morgan fingerprint density at radius 3 is 2.24 bits per heavy atom. The number of nitrogens with zero attached hydrogens (tertiary/aromatic N) is 1. The van der Waals surface area contributed by atoms with Crippen LogP contribution in [0.5, 0.6) is 5.75 Å². The van der Waals surface area contributed by atoms with E-state index < -0.39 is 12.0 Å². The van der Waals surface area contributed by atoms with Gasteiger partial charge in [-0.1, -0.05) is 56.3 Å². The van der Waals surface area contributed by atoms with Gasteiger partial charge < -0.3 is 15.0 Å². The van der Waals surface area contributed by atoms with Gasteiger partial charge in [0.25, 0.3) is 5.91 Å². The number of esters is 1. The monoisotopic (exact) mass is 456 g/mol. The number of anilines is 1. The number of amides is 2. The molecule has 6 heteroatoms. The van der Waals surface area contributed by atoms with E-state index >= 15 is 0 Å². The summed E-state index contributed by atoms with van der Waals surface area (Å²) in [5.74, 6) is -0.179. The van der Waals surface area contributed by atoms with Gasteiger partial charge in [-0.25, -0.2) is 4.79 Å². The Labute approximate surface area is 199 Å². The molecule has 34 heavy (non-hydrogen) atoms. The highest BCUT2D eigenvalue weighted by Gasteiger charge is 2.35. The van der Waals surface area contributed by atoms with Crippen LogP contribution < -0.4 is 10.1 Å². The molecule has 174 valence electrons. The molecule has 1 N–H and O–H groups in total. The number of rotatable bonds is 6. The molecular weight excluding hydrogens is 428 g/mol. The third-order valence-corrected chi connectivity index (χ3v) is 5.79. The van der Waals surface area contributed by atoms with Crippen molar-refractivity contribution in [3.8, 4) is 5.75 Å². The predicted octanol–water partition coefficient (Wildman–Crippen LogP) is 4.84. The number of ether oxygens (including phenoxy) is 1. The van der Waals surface area contributed by atoms with Gasteiger partial charge in [-0.05, 0) is 53.4 Å². The quantitative estimate of drug-likeness (QED) is 0.425. The normalized spacial score (nSPS) is 14.9. The lowest BCUT2D eigenvalue weighted by molar-refractivity contribution is -0.149. The number of benzene rings is 3. The van der Waals surface area contributed by atoms with Crippen LogP contribution in [-0.4, -0.2) is 28.7 Å². The van der Waals surface area contributed by atoms with Crippen LogP contribution in [0.25, 0.3) is 0 Å². The molecule has 6 nitrogen and oxygen atoms in total. The van der Waals surface area contributed by atoms with Crippen molar-refractivity contribution in [2.24, 2.45) is 5.92 Å². The Morgan fingerprint density at radius 2 is 1.56 bits per heavy atom. The predicted molar refractivity (Wildman–Crippen MR) is 130 cm³/mol. The van der Waals surface area contributed by atoms with Gasteiger partial charge in [-0.2, -0.15) is 0 Å². The van der Waals surface area contributed by atoms with E-state index in [2.05, 4.69) is 5.32 Å². The van der Waals surface area contributed by atoms with E-state index in [0.717, 1.165) is 11.1 Å². The summed E-state index contributed by atoms with van der Waals surface area (Å²) in [6, 6.07) is 22.7. The summed E-state index contributed by atoms with van der Waals surface area (Å²) in [6.45, 7) is 4.37. The van der Waals surface area contributed by atoms with Crippen LogP contribution in [0.4, 0.5) is 5.69 Å². The van der Waals surface area contributed by atoms with Crippen LogP contribution in [-0.2, 0) is 22.6 Å². The van der Waals surface area contributed by atoms with Gasteiger partial charge in [-0.15, -0.1) is 0 Å². The van der Waals surface area contributed by atoms with Crippen molar-refractivity contribution in [3.63, 3.8) is 0 Å². The van der Waals surface area contributed by atoms with Crippen molar-refractivity contribution >= 4 is 23.5 Å². The highest BCUT2D eigenvalue weighted by molar-refractivity contribution is 6.04. The zero-order chi connectivity index (χ0) is 24.1. The molecule has 0 bridgehead atoms. The maximum Gasteiger partial charge on any atom is 0.334 e. The minimum atomic E-state index is -0.682. The van der Waals surface area contributed by atoms with Gasteiger partial charge in [0.05, 0.1) is 0 Å². The van der Waals surface area contributed by atoms with E-state index in [4.69, 9.17) is 4.74 Å². The molecule has 1 heterocycles. The Balaban J connectivity index is 1.45. The van der Waals surface area contributed by atoms with Gasteiger partial charge >= 0.3 is 5.97 Å². The smallest absolute Gasteiger partial charge is 0.334 e. The second kappa shape index (κ2) is 10.3. The Bertz CT molecular complexity index is 1170. The minimum Gasteiger partial charge on any atom is -0.425 e. The van der Waals surface area contributed by atoms with E-state index in [9.17, 15) is 14.4 Å². The summed E-state index contributed by atoms with van der Waals surface area (Å²) >= 11 is 0. The fourth-order valence-corrected chi connectivity index (χ4v) is 4.05. The Hall–Kier alpha value is -3.93. The van der Waals surface area contributed by atoms with E-state index in [1.165, 1.54) is 0 Å². The summed E-state index contributed by atoms with van der Waals surface area (Å²) in [6.07, 6.45) is 0.797. The topological polar surface area (TPSA) is 75.7 Å². The van der Waals surface area contributed by atoms with Gasteiger partial charge in [0.1, 0.15) is 11.8 Å². The third-order valence-electron chi connectivity index (χ3n) is 5.79. The molecule has 3 aromatic carbocycles. The lowest BCUT2D eigenvalue weighted by atomic mass is 9.93. The van der Waals surface area contributed by atoms with Crippen LogP contribution in [0.3, 0.4) is 0 Å². The second-order valence-electron chi connectivity index (χ2n) is 8.87. The second-order valence-corrected chi connectivity index (χ2v) is 8.87. The van der Waals surface area contributed by atoms with Crippen molar-refractivity contribution in [3.05, 3.63) is 95.6 Å². The highest BCUT2D eigenvalue weighted by atomic mass is 16.5. The van der Waals surface area contributed by atoms with Gasteiger partial charge in [-0.3, -0.25) is 9.59 Å². The standard InChI is InChI=1S/C28H28N2O4/c1-19(2)16-26(31)30-18-22-11-7-6-10-21(22)17-25(30)28(33)34-24-14-12-23(13-15-24)29-27(32)20-8-4-3-5-9-20/h3-15,19,25H,16-18H2,1-2H3,(H,29,32). The molecule has 0 spiro atoms. The Kier molecular flexibility index (Phi) is 7.07. The SMILES string of the molecule is CC(C)CC(=O)N1Cc2ccccc2CC1C(=O)Oc1ccc(NC(=O)c2ccccc2)cc1. The van der Waals surface area contributed by atoms with Crippen molar-refractivity contribution in [2.75, 3.05) is 5.32 Å². The number of hydrogen-bond acceptors (Lipinski definition) is 4. The maximum absolute atomic E-state index is 13.1. The lowest BCUT2D eigenvalue weighted by Gasteiger charge is -2.35. The molecule has 2 amide bonds. The van der Waals surface area contributed by atoms with E-state index in [0.29, 0.717) is 36.4 Å². The molecule has 1 aliphatic rings. The van der Waals surface area contributed by atoms with Crippen LogP contribution in [0.1, 0.15) is 41.8 Å². The number of fused-ring (bicyclic) bond motifs is 1. The number of hydrogen-bond donors (Lipinski definition) is 1. The first-order chi connectivity index (χ1) is 16.4. The summed E-state index contributed by atoms with van der Waals surface area (Å²) in [5, 5.41) is 2.82. The van der Waals surface area contributed by atoms with Crippen LogP contribution in [0.2, 0.25) is 0 Å². The molecule has 1 unspecified atom stereocenters. The summed E-state index contributed by atoms with van der Waals surface area (Å²) in [4.78, 5) is 40.0. The molecule has 0 saturated carbocycles. The Morgan fingerprint density at radius 1 is 0.912 bits per heavy atom. The van der Waals surface area contributed by atoms with E-state index in [1.54, 1.807) is 53.4 Å². The van der Waals surface area contributed by atoms with Crippen molar-refractivity contribution in [2.45, 2.75) is 39.3 Å². The summed E-state index contributed by atoms with van der Waals surface area (Å²) in [5.41, 5.74) is 3.26. The van der Waals surface area contributed by atoms with Crippen LogP contribution >= 0.6 is 0 Å².